The molecule has 0 aliphatic heterocycles. The number of sulfonamides is 1. The van der Waals surface area contributed by atoms with Crippen molar-refractivity contribution in [2.75, 3.05) is 13.2 Å². The third kappa shape index (κ3) is 5.23. The van der Waals surface area contributed by atoms with Gasteiger partial charge in [0.1, 0.15) is 4.75 Å². The Bertz CT molecular complexity index is 425. The first-order chi connectivity index (χ1) is 9.62. The van der Waals surface area contributed by atoms with Crippen LogP contribution in [0.4, 0.5) is 0 Å². The Balaban J connectivity index is 4.94. The number of rotatable bonds is 11. The van der Waals surface area contributed by atoms with Crippen LogP contribution < -0.4 is 5.14 Å². The Morgan fingerprint density at radius 1 is 1.05 bits per heavy atom. The van der Waals surface area contributed by atoms with Gasteiger partial charge in [0.25, 0.3) is 0 Å². The van der Waals surface area contributed by atoms with Crippen molar-refractivity contribution in [2.24, 2.45) is 10.6 Å². The van der Waals surface area contributed by atoms with Crippen molar-refractivity contribution in [3.63, 3.8) is 0 Å². The molecule has 3 N–H and O–H groups in total. The number of ether oxygens (including phenoxy) is 1. The van der Waals surface area contributed by atoms with Crippen molar-refractivity contribution in [1.82, 2.24) is 0 Å². The van der Waals surface area contributed by atoms with E-state index in [-0.39, 0.29) is 19.6 Å². The third-order valence-electron chi connectivity index (χ3n) is 4.69. The number of hydrogen-bond acceptors (Lipinski definition) is 4. The highest BCUT2D eigenvalue weighted by molar-refractivity contribution is 7.90. The van der Waals surface area contributed by atoms with Crippen LogP contribution in [-0.4, -0.2) is 37.5 Å². The minimum Gasteiger partial charge on any atom is -0.481 e. The van der Waals surface area contributed by atoms with Crippen LogP contribution in [-0.2, 0) is 19.6 Å². The summed E-state index contributed by atoms with van der Waals surface area (Å²) >= 11 is 0. The zero-order valence-corrected chi connectivity index (χ0v) is 14.3. The van der Waals surface area contributed by atoms with Crippen LogP contribution in [0.3, 0.4) is 0 Å². The second-order valence-electron chi connectivity index (χ2n) is 5.71. The highest BCUT2D eigenvalue weighted by Crippen LogP contribution is 2.32. The average molecular weight is 323 g/mol. The second kappa shape index (κ2) is 8.10. The van der Waals surface area contributed by atoms with Crippen molar-refractivity contribution >= 4 is 16.0 Å². The number of hydrogen-bond donors (Lipinski definition) is 2. The predicted molar refractivity (Wildman–Crippen MR) is 82.5 cm³/mol. The van der Waals surface area contributed by atoms with Gasteiger partial charge in [0, 0.05) is 5.41 Å². The Morgan fingerprint density at radius 3 is 1.81 bits per heavy atom. The molecule has 0 heterocycles. The molecule has 0 aromatic heterocycles. The monoisotopic (exact) mass is 323 g/mol. The summed E-state index contributed by atoms with van der Waals surface area (Å²) in [5, 5.41) is 14.4. The molecular weight excluding hydrogens is 294 g/mol. The van der Waals surface area contributed by atoms with Gasteiger partial charge < -0.3 is 9.84 Å². The molecule has 0 spiro atoms. The molecule has 0 aliphatic rings. The van der Waals surface area contributed by atoms with Crippen LogP contribution in [0.5, 0.6) is 0 Å². The van der Waals surface area contributed by atoms with E-state index >= 15 is 0 Å². The van der Waals surface area contributed by atoms with Gasteiger partial charge in [-0.1, -0.05) is 27.7 Å². The molecule has 0 saturated heterocycles. The topological polar surface area (TPSA) is 107 Å². The van der Waals surface area contributed by atoms with Crippen LogP contribution >= 0.6 is 0 Å². The van der Waals surface area contributed by atoms with Gasteiger partial charge in [0.05, 0.1) is 19.6 Å². The second-order valence-corrected chi connectivity index (χ2v) is 7.66. The summed E-state index contributed by atoms with van der Waals surface area (Å²) in [4.78, 5) is 11.0. The Labute approximate surface area is 128 Å². The lowest BCUT2D eigenvalue weighted by atomic mass is 9.80. The van der Waals surface area contributed by atoms with Crippen LogP contribution in [0.2, 0.25) is 0 Å². The minimum atomic E-state index is -3.72. The molecule has 0 radical (unpaired) electrons. The number of nitrogens with two attached hydrogens (primary N) is 1. The van der Waals surface area contributed by atoms with Gasteiger partial charge in [-0.2, -0.15) is 0 Å². The number of aliphatic carboxylic acids is 1. The lowest BCUT2D eigenvalue weighted by molar-refractivity contribution is -0.141. The molecule has 0 atom stereocenters. The lowest BCUT2D eigenvalue weighted by Crippen LogP contribution is -2.47. The molecule has 0 aromatic rings. The molecule has 0 unspecified atom stereocenters. The van der Waals surface area contributed by atoms with Crippen molar-refractivity contribution in [1.29, 1.82) is 0 Å². The molecule has 126 valence electrons. The van der Waals surface area contributed by atoms with Crippen molar-refractivity contribution in [2.45, 2.75) is 64.5 Å². The van der Waals surface area contributed by atoms with Gasteiger partial charge in [0.15, 0.2) is 0 Å². The van der Waals surface area contributed by atoms with Crippen molar-refractivity contribution in [3.05, 3.63) is 0 Å². The smallest absolute Gasteiger partial charge is 0.303 e. The maximum atomic E-state index is 11.8. The van der Waals surface area contributed by atoms with E-state index in [4.69, 9.17) is 15.0 Å². The fraction of sp³-hybridized carbons (Fsp3) is 0.929. The first kappa shape index (κ1) is 20.3. The Hall–Kier alpha value is -0.660. The normalized spacial score (nSPS) is 13.4. The first-order valence-electron chi connectivity index (χ1n) is 7.44. The number of carboxylic acid groups (broad SMARTS) is 1. The number of carbonyl (C=O) groups is 1. The standard InChI is InChI=1S/C14H29NO5S/c1-5-13(6-2,9-12(16)17)10-20-11-14(7-3,8-4)21(15,18)19/h5-11H2,1-4H3,(H,16,17)(H2,15,18,19). The summed E-state index contributed by atoms with van der Waals surface area (Å²) in [6.07, 6.45) is 2.08. The van der Waals surface area contributed by atoms with Gasteiger partial charge in [-0.25, -0.2) is 13.6 Å². The van der Waals surface area contributed by atoms with Gasteiger partial charge in [0.2, 0.25) is 10.0 Å². The average Bonchev–Trinajstić information content (AvgIpc) is 2.40. The van der Waals surface area contributed by atoms with Gasteiger partial charge in [-0.3, -0.25) is 4.79 Å². The Morgan fingerprint density at radius 2 is 1.52 bits per heavy atom. The molecule has 7 heteroatoms. The summed E-state index contributed by atoms with van der Waals surface area (Å²) in [7, 11) is -3.72. The fourth-order valence-electron chi connectivity index (χ4n) is 2.47. The maximum Gasteiger partial charge on any atom is 0.303 e. The van der Waals surface area contributed by atoms with E-state index in [0.29, 0.717) is 25.7 Å². The van der Waals surface area contributed by atoms with Gasteiger partial charge in [-0.15, -0.1) is 0 Å². The number of carboxylic acids is 1. The van der Waals surface area contributed by atoms with Crippen molar-refractivity contribution < 1.29 is 23.1 Å². The molecule has 21 heavy (non-hydrogen) atoms. The molecular formula is C14H29NO5S. The lowest BCUT2D eigenvalue weighted by Gasteiger charge is -2.33. The van der Waals surface area contributed by atoms with E-state index in [9.17, 15) is 13.2 Å². The molecule has 0 amide bonds. The summed E-state index contributed by atoms with van der Waals surface area (Å²) in [5.41, 5.74) is -0.461. The van der Waals surface area contributed by atoms with E-state index < -0.39 is 26.2 Å². The van der Waals surface area contributed by atoms with E-state index in [1.807, 2.05) is 13.8 Å². The first-order valence-corrected chi connectivity index (χ1v) is 8.98. The summed E-state index contributed by atoms with van der Waals surface area (Å²) in [6, 6.07) is 0. The molecule has 0 aliphatic carbocycles. The molecule has 0 aromatic carbocycles. The highest BCUT2D eigenvalue weighted by atomic mass is 32.2. The SMILES string of the molecule is CCC(CC)(COCC(CC)(CC)S(N)(=O)=O)CC(=O)O. The van der Waals surface area contributed by atoms with Crippen LogP contribution in [0.25, 0.3) is 0 Å². The number of primary sulfonamides is 1. The summed E-state index contributed by atoms with van der Waals surface area (Å²) in [5.74, 6) is -0.869. The van der Waals surface area contributed by atoms with E-state index in [2.05, 4.69) is 0 Å². The minimum absolute atomic E-state index is 0.000201. The van der Waals surface area contributed by atoms with E-state index in [1.165, 1.54) is 0 Å². The molecule has 0 bridgehead atoms. The zero-order valence-electron chi connectivity index (χ0n) is 13.5. The highest BCUT2D eigenvalue weighted by Gasteiger charge is 2.39. The summed E-state index contributed by atoms with van der Waals surface area (Å²) in [6.45, 7) is 7.59. The molecule has 6 nitrogen and oxygen atoms in total. The maximum absolute atomic E-state index is 11.8. The third-order valence-corrected chi connectivity index (χ3v) is 6.59. The Kier molecular flexibility index (Phi) is 7.84. The van der Waals surface area contributed by atoms with E-state index in [1.54, 1.807) is 13.8 Å². The van der Waals surface area contributed by atoms with Gasteiger partial charge >= 0.3 is 5.97 Å². The van der Waals surface area contributed by atoms with Gasteiger partial charge in [-0.05, 0) is 25.7 Å². The fourth-order valence-corrected chi connectivity index (χ4v) is 3.52. The zero-order chi connectivity index (χ0) is 16.7. The predicted octanol–water partition coefficient (Wildman–Crippen LogP) is 2.13. The quantitative estimate of drug-likeness (QED) is 0.606. The molecule has 0 fully saturated rings. The van der Waals surface area contributed by atoms with Crippen LogP contribution in [0, 0.1) is 5.41 Å². The molecule has 0 rings (SSSR count). The largest absolute Gasteiger partial charge is 0.481 e. The molecule has 0 saturated carbocycles. The van der Waals surface area contributed by atoms with Crippen LogP contribution in [0.1, 0.15) is 59.8 Å². The van der Waals surface area contributed by atoms with Crippen LogP contribution in [0.15, 0.2) is 0 Å². The summed E-state index contributed by atoms with van der Waals surface area (Å²) < 4.78 is 28.1. The van der Waals surface area contributed by atoms with Crippen molar-refractivity contribution in [3.8, 4) is 0 Å². The van der Waals surface area contributed by atoms with E-state index in [0.717, 1.165) is 0 Å².